The van der Waals surface area contributed by atoms with Crippen LogP contribution in [0.4, 0.5) is 17.6 Å². The van der Waals surface area contributed by atoms with Gasteiger partial charge in [0.25, 0.3) is 23.7 Å². The van der Waals surface area contributed by atoms with Gasteiger partial charge in [0.1, 0.15) is 0 Å². The molecule has 0 atom stereocenters. The summed E-state index contributed by atoms with van der Waals surface area (Å²) in [6.45, 7) is 10.5. The molecule has 60 heavy (non-hydrogen) atoms. The molecule has 0 aliphatic carbocycles. The number of carbonyl (C=O) groups is 2. The van der Waals surface area contributed by atoms with Gasteiger partial charge in [0.15, 0.2) is 0 Å². The zero-order valence-corrected chi connectivity index (χ0v) is 39.7. The predicted octanol–water partition coefficient (Wildman–Crippen LogP) is 18.4. The first-order chi connectivity index (χ1) is 28.9. The fraction of sp³-hybridized carbons (Fsp3) is 0.680. The number of carbonyl (C=O) groups excluding carboxylic acids is 2. The molecule has 0 saturated heterocycles. The van der Waals surface area contributed by atoms with E-state index in [1.165, 1.54) is 78.9 Å². The molecule has 0 N–H and O–H groups in total. The first-order valence-corrected chi connectivity index (χ1v) is 26.1. The lowest BCUT2D eigenvalue weighted by atomic mass is 9.91. The third kappa shape index (κ3) is 12.0. The second-order valence-corrected chi connectivity index (χ2v) is 21.1. The van der Waals surface area contributed by atoms with Gasteiger partial charge in [-0.1, -0.05) is 156 Å². The summed E-state index contributed by atoms with van der Waals surface area (Å²) in [7, 11) is 0. The molecule has 0 radical (unpaired) electrons. The number of benzene rings is 1. The average molecular weight is 890 g/mol. The quantitative estimate of drug-likeness (QED) is 0.0297. The molecular weight excluding hydrogens is 819 g/mol. The number of nitrogens with zero attached hydrogens (tertiary/aromatic N) is 1. The van der Waals surface area contributed by atoms with Crippen molar-refractivity contribution < 1.29 is 27.2 Å². The van der Waals surface area contributed by atoms with Crippen LogP contribution in [0.25, 0.3) is 29.9 Å². The minimum Gasteiger partial charge on any atom is -0.274 e. The molecule has 3 nitrogen and oxygen atoms in total. The number of unbranched alkanes of at least 4 members (excludes halogenated alkanes) is 21. The highest BCUT2D eigenvalue weighted by Gasteiger charge is 2.44. The van der Waals surface area contributed by atoms with E-state index >= 15 is 17.6 Å². The topological polar surface area (TPSA) is 37.4 Å². The molecule has 0 saturated carbocycles. The van der Waals surface area contributed by atoms with Crippen molar-refractivity contribution in [1.82, 2.24) is 4.90 Å². The normalized spacial score (nSPS) is 13.6. The molecule has 3 aromatic heterocycles. The van der Waals surface area contributed by atoms with E-state index in [-0.39, 0.29) is 56.0 Å². The Kier molecular flexibility index (Phi) is 19.0. The van der Waals surface area contributed by atoms with Gasteiger partial charge in [-0.15, -0.1) is 34.0 Å². The van der Waals surface area contributed by atoms with Crippen LogP contribution in [0.3, 0.4) is 0 Å². The van der Waals surface area contributed by atoms with Crippen LogP contribution in [-0.4, -0.2) is 23.3 Å². The van der Waals surface area contributed by atoms with Gasteiger partial charge in [0.05, 0.1) is 16.0 Å². The van der Waals surface area contributed by atoms with Crippen molar-refractivity contribution in [2.45, 2.75) is 213 Å². The SMILES string of the molecule is CCCCCCCCCCCC(F)(F)c1c2cc(-c3sc(C)c4c3C(=O)N(CCCCCCCC)C4=O)sc2c(C(F)(F)CCCCCCCCCCC)c2cc(C)sc12. The highest BCUT2D eigenvalue weighted by molar-refractivity contribution is 7.27. The van der Waals surface area contributed by atoms with Crippen molar-refractivity contribution in [1.29, 1.82) is 0 Å². The maximum Gasteiger partial charge on any atom is 0.275 e. The summed E-state index contributed by atoms with van der Waals surface area (Å²) in [4.78, 5) is 31.5. The number of thiophene rings is 3. The highest BCUT2D eigenvalue weighted by Crippen LogP contribution is 2.55. The van der Waals surface area contributed by atoms with Gasteiger partial charge in [0, 0.05) is 65.3 Å². The van der Waals surface area contributed by atoms with Crippen molar-refractivity contribution in [3.05, 3.63) is 44.1 Å². The molecule has 2 amide bonds. The Bertz CT molecular complexity index is 1900. The zero-order chi connectivity index (χ0) is 43.3. The summed E-state index contributed by atoms with van der Waals surface area (Å²) in [6, 6.07) is 3.33. The molecular formula is C50H71F4NO2S3. The molecule has 4 heterocycles. The Morgan fingerprint density at radius 1 is 0.500 bits per heavy atom. The lowest BCUT2D eigenvalue weighted by molar-refractivity contribution is -0.0153. The van der Waals surface area contributed by atoms with Gasteiger partial charge in [-0.25, -0.2) is 17.6 Å². The van der Waals surface area contributed by atoms with E-state index in [4.69, 9.17) is 0 Å². The van der Waals surface area contributed by atoms with E-state index in [0.717, 1.165) is 93.3 Å². The van der Waals surface area contributed by atoms with Gasteiger partial charge in [0.2, 0.25) is 0 Å². The number of halogens is 4. The third-order valence-electron chi connectivity index (χ3n) is 12.5. The van der Waals surface area contributed by atoms with E-state index in [1.807, 2.05) is 13.8 Å². The molecule has 0 fully saturated rings. The molecule has 4 aromatic rings. The molecule has 1 aliphatic rings. The number of amides is 2. The molecule has 0 unspecified atom stereocenters. The molecule has 0 spiro atoms. The molecule has 0 bridgehead atoms. The van der Waals surface area contributed by atoms with E-state index < -0.39 is 11.8 Å². The van der Waals surface area contributed by atoms with Crippen LogP contribution in [0.1, 0.15) is 229 Å². The van der Waals surface area contributed by atoms with Crippen molar-refractivity contribution in [3.63, 3.8) is 0 Å². The van der Waals surface area contributed by atoms with Crippen LogP contribution in [0.2, 0.25) is 0 Å². The summed E-state index contributed by atoms with van der Waals surface area (Å²) in [5.41, 5.74) is 0.343. The summed E-state index contributed by atoms with van der Waals surface area (Å²) >= 11 is 3.57. The standard InChI is InChI=1S/C50H71F4NO2S3/c1-6-9-12-15-18-20-22-24-27-30-49(51,52)42-37-33-35(4)58-44(37)43(50(53,54)31-28-25-23-21-19-16-13-10-7-2)38-34-39(60-45(38)42)46-41-40(36(5)59-46)47(56)55(48(41)57)32-29-26-17-14-11-8-3/h33-34H,6-32H2,1-5H3. The molecule has 5 rings (SSSR count). The fourth-order valence-electron chi connectivity index (χ4n) is 9.09. The fourth-order valence-corrected chi connectivity index (χ4v) is 12.7. The third-order valence-corrected chi connectivity index (χ3v) is 16.0. The maximum atomic E-state index is 16.9. The highest BCUT2D eigenvalue weighted by atomic mass is 32.1. The molecule has 334 valence electrons. The van der Waals surface area contributed by atoms with Crippen molar-refractivity contribution in [2.24, 2.45) is 0 Å². The van der Waals surface area contributed by atoms with E-state index in [9.17, 15) is 9.59 Å². The maximum absolute atomic E-state index is 16.9. The van der Waals surface area contributed by atoms with Gasteiger partial charge < -0.3 is 0 Å². The Morgan fingerprint density at radius 2 is 0.900 bits per heavy atom. The smallest absolute Gasteiger partial charge is 0.274 e. The first-order valence-electron chi connectivity index (χ1n) is 23.6. The summed E-state index contributed by atoms with van der Waals surface area (Å²) < 4.78 is 68.1. The largest absolute Gasteiger partial charge is 0.275 e. The van der Waals surface area contributed by atoms with Crippen molar-refractivity contribution in [2.75, 3.05) is 6.54 Å². The average Bonchev–Trinajstić information content (AvgIpc) is 3.96. The lowest BCUT2D eigenvalue weighted by Gasteiger charge is -2.23. The van der Waals surface area contributed by atoms with Crippen LogP contribution < -0.4 is 0 Å². The molecule has 10 heteroatoms. The van der Waals surface area contributed by atoms with Crippen LogP contribution in [0, 0.1) is 13.8 Å². The van der Waals surface area contributed by atoms with Gasteiger partial charge in [-0.05, 0) is 45.2 Å². The number of alkyl halides is 4. The van der Waals surface area contributed by atoms with Crippen LogP contribution >= 0.6 is 34.0 Å². The van der Waals surface area contributed by atoms with Crippen LogP contribution in [0.5, 0.6) is 0 Å². The number of hydrogen-bond donors (Lipinski definition) is 0. The van der Waals surface area contributed by atoms with Crippen LogP contribution in [-0.2, 0) is 11.8 Å². The number of aryl methyl sites for hydroxylation is 2. The first kappa shape index (κ1) is 48.7. The number of rotatable bonds is 30. The minimum absolute atomic E-state index is 0.160. The summed E-state index contributed by atoms with van der Waals surface area (Å²) in [5.74, 6) is -7.18. The van der Waals surface area contributed by atoms with Crippen molar-refractivity contribution in [3.8, 4) is 9.75 Å². The van der Waals surface area contributed by atoms with E-state index in [0.29, 0.717) is 58.0 Å². The van der Waals surface area contributed by atoms with Crippen molar-refractivity contribution >= 4 is 66.0 Å². The van der Waals surface area contributed by atoms with E-state index in [1.54, 1.807) is 12.1 Å². The Hall–Kier alpha value is -2.30. The number of fused-ring (bicyclic) bond motifs is 3. The van der Waals surface area contributed by atoms with Gasteiger partial charge >= 0.3 is 0 Å². The van der Waals surface area contributed by atoms with Gasteiger partial charge in [-0.2, -0.15) is 0 Å². The Balaban J connectivity index is 1.49. The number of imide groups is 1. The van der Waals surface area contributed by atoms with E-state index in [2.05, 4.69) is 20.8 Å². The predicted molar refractivity (Wildman–Crippen MR) is 250 cm³/mol. The number of hydrogen-bond acceptors (Lipinski definition) is 5. The minimum atomic E-state index is -3.24. The second-order valence-electron chi connectivity index (χ2n) is 17.5. The summed E-state index contributed by atoms with van der Waals surface area (Å²) in [6.07, 6.45) is 23.3. The Morgan fingerprint density at radius 3 is 1.38 bits per heavy atom. The second kappa shape index (κ2) is 23.4. The summed E-state index contributed by atoms with van der Waals surface area (Å²) in [5, 5.41) is 0.387. The molecule has 1 aliphatic heterocycles. The monoisotopic (exact) mass is 889 g/mol. The molecule has 1 aromatic carbocycles. The van der Waals surface area contributed by atoms with Gasteiger partial charge in [-0.3, -0.25) is 14.5 Å². The van der Waals surface area contributed by atoms with Crippen LogP contribution in [0.15, 0.2) is 12.1 Å². The lowest BCUT2D eigenvalue weighted by Crippen LogP contribution is -2.31. The Labute approximate surface area is 370 Å². The zero-order valence-electron chi connectivity index (χ0n) is 37.2.